The van der Waals surface area contributed by atoms with E-state index in [4.69, 9.17) is 15.1 Å². The summed E-state index contributed by atoms with van der Waals surface area (Å²) in [6.07, 6.45) is 3.67. The highest BCUT2D eigenvalue weighted by molar-refractivity contribution is 5.86. The Labute approximate surface area is 126 Å². The van der Waals surface area contributed by atoms with Crippen LogP contribution in [0.25, 0.3) is 11.4 Å². The second-order valence-corrected chi connectivity index (χ2v) is 4.89. The number of nitrogens with zero attached hydrogens (tertiary/aromatic N) is 5. The van der Waals surface area contributed by atoms with Gasteiger partial charge < -0.3 is 9.84 Å². The fourth-order valence-electron chi connectivity index (χ4n) is 2.38. The number of hydrogen-bond donors (Lipinski definition) is 1. The highest BCUT2D eigenvalue weighted by Gasteiger charge is 2.24. The van der Waals surface area contributed by atoms with Gasteiger partial charge in [0.05, 0.1) is 11.4 Å². The number of carboxylic acid groups (broad SMARTS) is 1. The SMILES string of the molecule is N#Cc1cc(-c2cc(C(=O)O)nn2C2CCCCO2)ncn1. The van der Waals surface area contributed by atoms with Crippen molar-refractivity contribution in [3.8, 4) is 17.5 Å². The van der Waals surface area contributed by atoms with Crippen molar-refractivity contribution in [2.24, 2.45) is 0 Å². The maximum absolute atomic E-state index is 11.2. The monoisotopic (exact) mass is 299 g/mol. The fourth-order valence-corrected chi connectivity index (χ4v) is 2.38. The summed E-state index contributed by atoms with van der Waals surface area (Å²) >= 11 is 0. The molecule has 1 N–H and O–H groups in total. The summed E-state index contributed by atoms with van der Waals surface area (Å²) in [5.74, 6) is -1.12. The average molecular weight is 299 g/mol. The van der Waals surface area contributed by atoms with Gasteiger partial charge in [-0.3, -0.25) is 0 Å². The molecule has 1 saturated heterocycles. The molecule has 3 rings (SSSR count). The molecule has 3 heterocycles. The van der Waals surface area contributed by atoms with Crippen LogP contribution in [0.2, 0.25) is 0 Å². The molecule has 0 spiro atoms. The van der Waals surface area contributed by atoms with E-state index in [0.717, 1.165) is 19.3 Å². The molecule has 0 saturated carbocycles. The Morgan fingerprint density at radius 1 is 1.41 bits per heavy atom. The number of aromatic carboxylic acids is 1. The van der Waals surface area contributed by atoms with Crippen LogP contribution in [-0.4, -0.2) is 37.4 Å². The first-order chi connectivity index (χ1) is 10.7. The molecule has 8 nitrogen and oxygen atoms in total. The summed E-state index contributed by atoms with van der Waals surface area (Å²) in [6.45, 7) is 0.611. The molecule has 22 heavy (non-hydrogen) atoms. The maximum Gasteiger partial charge on any atom is 0.356 e. The van der Waals surface area contributed by atoms with Gasteiger partial charge in [-0.1, -0.05) is 0 Å². The van der Waals surface area contributed by atoms with Crippen LogP contribution in [0.15, 0.2) is 18.5 Å². The molecule has 1 unspecified atom stereocenters. The molecule has 0 aliphatic carbocycles. The van der Waals surface area contributed by atoms with Crippen LogP contribution < -0.4 is 0 Å². The number of rotatable bonds is 3. The summed E-state index contributed by atoms with van der Waals surface area (Å²) in [4.78, 5) is 19.1. The van der Waals surface area contributed by atoms with Crippen molar-refractivity contribution < 1.29 is 14.6 Å². The number of aromatic nitrogens is 4. The number of ether oxygens (including phenoxy) is 1. The third-order valence-electron chi connectivity index (χ3n) is 3.43. The van der Waals surface area contributed by atoms with Crippen molar-refractivity contribution >= 4 is 5.97 Å². The van der Waals surface area contributed by atoms with Gasteiger partial charge in [-0.05, 0) is 19.3 Å². The topological polar surface area (TPSA) is 114 Å². The van der Waals surface area contributed by atoms with Crippen molar-refractivity contribution in [2.75, 3.05) is 6.61 Å². The van der Waals surface area contributed by atoms with Crippen LogP contribution in [0.5, 0.6) is 0 Å². The second-order valence-electron chi connectivity index (χ2n) is 4.89. The number of carbonyl (C=O) groups is 1. The molecule has 112 valence electrons. The molecular weight excluding hydrogens is 286 g/mol. The molecular formula is C14H13N5O3. The Morgan fingerprint density at radius 3 is 2.95 bits per heavy atom. The van der Waals surface area contributed by atoms with E-state index in [-0.39, 0.29) is 17.6 Å². The van der Waals surface area contributed by atoms with E-state index in [9.17, 15) is 4.79 Å². The standard InChI is InChI=1S/C14H13N5O3/c15-7-9-5-10(17-8-16-9)12-6-11(14(20)21)18-19(12)13-3-1-2-4-22-13/h5-6,8,13H,1-4H2,(H,20,21). The van der Waals surface area contributed by atoms with Crippen LogP contribution in [0.1, 0.15) is 41.7 Å². The number of carboxylic acids is 1. The first-order valence-electron chi connectivity index (χ1n) is 6.86. The van der Waals surface area contributed by atoms with Crippen LogP contribution >= 0.6 is 0 Å². The largest absolute Gasteiger partial charge is 0.476 e. The predicted molar refractivity (Wildman–Crippen MR) is 73.8 cm³/mol. The smallest absolute Gasteiger partial charge is 0.356 e. The summed E-state index contributed by atoms with van der Waals surface area (Å²) in [5.41, 5.74) is 1.07. The average Bonchev–Trinajstić information content (AvgIpc) is 3.01. The molecule has 2 aromatic rings. The zero-order chi connectivity index (χ0) is 15.5. The van der Waals surface area contributed by atoms with E-state index in [0.29, 0.717) is 18.0 Å². The van der Waals surface area contributed by atoms with Gasteiger partial charge in [-0.2, -0.15) is 10.4 Å². The Balaban J connectivity index is 2.08. The molecule has 1 fully saturated rings. The van der Waals surface area contributed by atoms with Gasteiger partial charge in [-0.15, -0.1) is 0 Å². The minimum absolute atomic E-state index is 0.0821. The molecule has 0 aromatic carbocycles. The number of nitriles is 1. The zero-order valence-corrected chi connectivity index (χ0v) is 11.6. The maximum atomic E-state index is 11.2. The van der Waals surface area contributed by atoms with Crippen molar-refractivity contribution in [3.05, 3.63) is 29.8 Å². The van der Waals surface area contributed by atoms with Crippen LogP contribution in [0.4, 0.5) is 0 Å². The lowest BCUT2D eigenvalue weighted by molar-refractivity contribution is -0.0385. The Hall–Kier alpha value is -2.79. The lowest BCUT2D eigenvalue weighted by Crippen LogP contribution is -2.20. The van der Waals surface area contributed by atoms with Gasteiger partial charge in [0, 0.05) is 18.7 Å². The zero-order valence-electron chi connectivity index (χ0n) is 11.6. The van der Waals surface area contributed by atoms with Gasteiger partial charge in [-0.25, -0.2) is 19.4 Å². The van der Waals surface area contributed by atoms with Gasteiger partial charge in [0.1, 0.15) is 18.1 Å². The fraction of sp³-hybridized carbons (Fsp3) is 0.357. The molecule has 1 aliphatic rings. The van der Waals surface area contributed by atoms with E-state index in [1.807, 2.05) is 6.07 Å². The molecule has 0 amide bonds. The summed E-state index contributed by atoms with van der Waals surface area (Å²) in [7, 11) is 0. The van der Waals surface area contributed by atoms with Crippen molar-refractivity contribution in [2.45, 2.75) is 25.5 Å². The first-order valence-corrected chi connectivity index (χ1v) is 6.86. The highest BCUT2D eigenvalue weighted by atomic mass is 16.5. The lowest BCUT2D eigenvalue weighted by Gasteiger charge is -2.24. The highest BCUT2D eigenvalue weighted by Crippen LogP contribution is 2.28. The minimum atomic E-state index is -1.12. The third-order valence-corrected chi connectivity index (χ3v) is 3.43. The van der Waals surface area contributed by atoms with E-state index >= 15 is 0 Å². The quantitative estimate of drug-likeness (QED) is 0.915. The molecule has 2 aromatic heterocycles. The van der Waals surface area contributed by atoms with E-state index in [2.05, 4.69) is 15.1 Å². The predicted octanol–water partition coefficient (Wildman–Crippen LogP) is 1.61. The normalized spacial score (nSPS) is 17.9. The van der Waals surface area contributed by atoms with E-state index in [1.54, 1.807) is 0 Å². The Morgan fingerprint density at radius 2 is 2.27 bits per heavy atom. The summed E-state index contributed by atoms with van der Waals surface area (Å²) in [5, 5.41) is 22.2. The van der Waals surface area contributed by atoms with Crippen molar-refractivity contribution in [3.63, 3.8) is 0 Å². The van der Waals surface area contributed by atoms with E-state index in [1.165, 1.54) is 23.1 Å². The second kappa shape index (κ2) is 5.91. The number of hydrogen-bond acceptors (Lipinski definition) is 6. The van der Waals surface area contributed by atoms with Gasteiger partial charge in [0.2, 0.25) is 0 Å². The Kier molecular flexibility index (Phi) is 3.80. The summed E-state index contributed by atoms with van der Waals surface area (Å²) < 4.78 is 7.21. The van der Waals surface area contributed by atoms with Crippen molar-refractivity contribution in [1.29, 1.82) is 5.26 Å². The van der Waals surface area contributed by atoms with Crippen LogP contribution in [0, 0.1) is 11.3 Å². The van der Waals surface area contributed by atoms with Crippen molar-refractivity contribution in [1.82, 2.24) is 19.7 Å². The molecule has 1 atom stereocenters. The minimum Gasteiger partial charge on any atom is -0.476 e. The molecule has 8 heteroatoms. The molecule has 0 radical (unpaired) electrons. The third kappa shape index (κ3) is 2.66. The first kappa shape index (κ1) is 14.2. The van der Waals surface area contributed by atoms with E-state index < -0.39 is 5.97 Å². The van der Waals surface area contributed by atoms with Crippen LogP contribution in [0.3, 0.4) is 0 Å². The summed E-state index contributed by atoms with van der Waals surface area (Å²) in [6, 6.07) is 4.87. The van der Waals surface area contributed by atoms with Gasteiger partial charge >= 0.3 is 5.97 Å². The van der Waals surface area contributed by atoms with Gasteiger partial charge in [0.25, 0.3) is 0 Å². The van der Waals surface area contributed by atoms with Gasteiger partial charge in [0.15, 0.2) is 11.9 Å². The molecule has 1 aliphatic heterocycles. The Bertz CT molecular complexity index is 743. The van der Waals surface area contributed by atoms with Crippen LogP contribution in [-0.2, 0) is 4.74 Å². The molecule has 0 bridgehead atoms. The lowest BCUT2D eigenvalue weighted by atomic mass is 10.2.